The Morgan fingerprint density at radius 3 is 2.74 bits per heavy atom. The molecule has 124 valence electrons. The Morgan fingerprint density at radius 2 is 2.04 bits per heavy atom. The number of benzene rings is 1. The van der Waals surface area contributed by atoms with E-state index in [1.165, 1.54) is 11.3 Å². The first-order valence-corrected chi connectivity index (χ1v) is 8.59. The molecular weight excluding hydrogens is 290 g/mol. The zero-order chi connectivity index (χ0) is 16.2. The second-order valence-corrected chi connectivity index (χ2v) is 6.31. The summed E-state index contributed by atoms with van der Waals surface area (Å²) in [6, 6.07) is 8.89. The van der Waals surface area contributed by atoms with Crippen LogP contribution in [-0.4, -0.2) is 45.2 Å². The van der Waals surface area contributed by atoms with E-state index in [1.807, 2.05) is 6.07 Å². The number of rotatable bonds is 6. The van der Waals surface area contributed by atoms with Crippen molar-refractivity contribution in [3.05, 3.63) is 30.1 Å². The van der Waals surface area contributed by atoms with Crippen LogP contribution < -0.4 is 0 Å². The molecular formula is C18H25N3O2. The maximum Gasteiger partial charge on any atom is 0.303 e. The van der Waals surface area contributed by atoms with Crippen molar-refractivity contribution < 1.29 is 9.90 Å². The second kappa shape index (κ2) is 7.13. The Balaban J connectivity index is 1.67. The van der Waals surface area contributed by atoms with E-state index >= 15 is 0 Å². The third-order valence-corrected chi connectivity index (χ3v) is 4.77. The zero-order valence-corrected chi connectivity index (χ0v) is 13.7. The lowest BCUT2D eigenvalue weighted by Crippen LogP contribution is -2.35. The van der Waals surface area contributed by atoms with Crippen LogP contribution in [0.2, 0.25) is 0 Å². The fourth-order valence-electron chi connectivity index (χ4n) is 3.61. The molecule has 0 radical (unpaired) electrons. The van der Waals surface area contributed by atoms with Crippen LogP contribution in [0.4, 0.5) is 0 Å². The van der Waals surface area contributed by atoms with Crippen molar-refractivity contribution in [3.8, 4) is 0 Å². The highest BCUT2D eigenvalue weighted by Gasteiger charge is 2.23. The number of para-hydroxylation sites is 2. The number of carbonyl (C=O) groups is 1. The molecule has 1 fully saturated rings. The van der Waals surface area contributed by atoms with E-state index in [9.17, 15) is 4.79 Å². The molecule has 5 heteroatoms. The number of hydrogen-bond donors (Lipinski definition) is 1. The van der Waals surface area contributed by atoms with E-state index in [-0.39, 0.29) is 6.42 Å². The maximum absolute atomic E-state index is 10.6. The van der Waals surface area contributed by atoms with Crippen LogP contribution in [0.1, 0.15) is 44.5 Å². The summed E-state index contributed by atoms with van der Waals surface area (Å²) in [5.41, 5.74) is 2.34. The fraction of sp³-hybridized carbons (Fsp3) is 0.556. The summed E-state index contributed by atoms with van der Waals surface area (Å²) >= 11 is 0. The van der Waals surface area contributed by atoms with Crippen molar-refractivity contribution in [3.63, 3.8) is 0 Å². The van der Waals surface area contributed by atoms with Crippen LogP contribution in [0.15, 0.2) is 24.3 Å². The third-order valence-electron chi connectivity index (χ3n) is 4.77. The predicted octanol–water partition coefficient (Wildman–Crippen LogP) is 3.10. The lowest BCUT2D eigenvalue weighted by atomic mass is 10.0. The summed E-state index contributed by atoms with van der Waals surface area (Å²) in [4.78, 5) is 17.8. The number of carboxylic acids is 1. The van der Waals surface area contributed by atoms with E-state index in [4.69, 9.17) is 10.1 Å². The smallest absolute Gasteiger partial charge is 0.303 e. The molecule has 3 rings (SSSR count). The molecule has 1 N–H and O–H groups in total. The summed E-state index contributed by atoms with van der Waals surface area (Å²) < 4.78 is 2.43. The number of imidazole rings is 1. The molecule has 0 bridgehead atoms. The van der Waals surface area contributed by atoms with Gasteiger partial charge in [-0.05, 0) is 37.9 Å². The average Bonchev–Trinajstić information content (AvgIpc) is 2.94. The maximum atomic E-state index is 10.6. The standard InChI is InChI=1S/C18H25N3O2/c1-2-17-19-15-6-3-4-7-16(15)21(17)14-9-12-20(13-10-14)11-5-8-18(22)23/h3-4,6-7,14H,2,5,8-13H2,1H3,(H,22,23). The normalized spacial score (nSPS) is 16.9. The minimum Gasteiger partial charge on any atom is -0.481 e. The number of hydrogen-bond acceptors (Lipinski definition) is 3. The van der Waals surface area contributed by atoms with Gasteiger partial charge in [-0.3, -0.25) is 4.79 Å². The average molecular weight is 315 g/mol. The number of piperidine rings is 1. The van der Waals surface area contributed by atoms with Crippen LogP contribution in [0.3, 0.4) is 0 Å². The van der Waals surface area contributed by atoms with Gasteiger partial charge in [0.1, 0.15) is 5.82 Å². The van der Waals surface area contributed by atoms with Crippen molar-refractivity contribution in [2.45, 2.75) is 45.1 Å². The van der Waals surface area contributed by atoms with Crippen LogP contribution in [-0.2, 0) is 11.2 Å². The van der Waals surface area contributed by atoms with Crippen molar-refractivity contribution >= 4 is 17.0 Å². The predicted molar refractivity (Wildman–Crippen MR) is 90.7 cm³/mol. The summed E-state index contributed by atoms with van der Waals surface area (Å²) in [6.45, 7) is 5.14. The van der Waals surface area contributed by atoms with Gasteiger partial charge in [0, 0.05) is 32.0 Å². The van der Waals surface area contributed by atoms with Gasteiger partial charge in [0.25, 0.3) is 0 Å². The summed E-state index contributed by atoms with van der Waals surface area (Å²) in [6.07, 6.45) is 4.19. The van der Waals surface area contributed by atoms with Gasteiger partial charge in [0.05, 0.1) is 11.0 Å². The molecule has 2 aromatic rings. The third kappa shape index (κ3) is 3.55. The summed E-state index contributed by atoms with van der Waals surface area (Å²) in [5.74, 6) is 0.480. The second-order valence-electron chi connectivity index (χ2n) is 6.31. The molecule has 5 nitrogen and oxygen atoms in total. The van der Waals surface area contributed by atoms with Crippen molar-refractivity contribution in [1.82, 2.24) is 14.5 Å². The lowest BCUT2D eigenvalue weighted by Gasteiger charge is -2.33. The number of aliphatic carboxylic acids is 1. The molecule has 0 spiro atoms. The zero-order valence-electron chi connectivity index (χ0n) is 13.7. The van der Waals surface area contributed by atoms with E-state index in [2.05, 4.69) is 34.6 Å². The molecule has 2 heterocycles. The Bertz CT molecular complexity index is 672. The van der Waals surface area contributed by atoms with Crippen LogP contribution >= 0.6 is 0 Å². The van der Waals surface area contributed by atoms with Gasteiger partial charge in [-0.25, -0.2) is 4.98 Å². The highest BCUT2D eigenvalue weighted by atomic mass is 16.4. The number of nitrogens with zero attached hydrogens (tertiary/aromatic N) is 3. The first kappa shape index (κ1) is 16.0. The largest absolute Gasteiger partial charge is 0.481 e. The first-order chi connectivity index (χ1) is 11.2. The molecule has 0 aliphatic carbocycles. The van der Waals surface area contributed by atoms with E-state index in [0.717, 1.165) is 50.8 Å². The van der Waals surface area contributed by atoms with Gasteiger partial charge in [0.2, 0.25) is 0 Å². The Morgan fingerprint density at radius 1 is 1.30 bits per heavy atom. The van der Waals surface area contributed by atoms with E-state index in [1.54, 1.807) is 0 Å². The lowest BCUT2D eigenvalue weighted by molar-refractivity contribution is -0.137. The minimum absolute atomic E-state index is 0.270. The SMILES string of the molecule is CCc1nc2ccccc2n1C1CCN(CCCC(=O)O)CC1. The molecule has 1 aliphatic rings. The molecule has 0 atom stereocenters. The molecule has 1 aromatic heterocycles. The Hall–Kier alpha value is -1.88. The van der Waals surface area contributed by atoms with Gasteiger partial charge in [0.15, 0.2) is 0 Å². The monoisotopic (exact) mass is 315 g/mol. The van der Waals surface area contributed by atoms with Crippen molar-refractivity contribution in [2.24, 2.45) is 0 Å². The molecule has 1 aromatic carbocycles. The molecule has 0 saturated carbocycles. The highest BCUT2D eigenvalue weighted by molar-refractivity contribution is 5.76. The Kier molecular flexibility index (Phi) is 4.96. The number of fused-ring (bicyclic) bond motifs is 1. The van der Waals surface area contributed by atoms with Crippen molar-refractivity contribution in [1.29, 1.82) is 0 Å². The van der Waals surface area contributed by atoms with Crippen LogP contribution in [0, 0.1) is 0 Å². The molecule has 0 unspecified atom stereocenters. The Labute approximate surface area is 136 Å². The molecule has 0 amide bonds. The fourth-order valence-corrected chi connectivity index (χ4v) is 3.61. The topological polar surface area (TPSA) is 58.4 Å². The number of aromatic nitrogens is 2. The number of likely N-dealkylation sites (tertiary alicyclic amines) is 1. The molecule has 1 saturated heterocycles. The van der Waals surface area contributed by atoms with Gasteiger partial charge in [-0.1, -0.05) is 19.1 Å². The van der Waals surface area contributed by atoms with Gasteiger partial charge in [-0.2, -0.15) is 0 Å². The van der Waals surface area contributed by atoms with Crippen molar-refractivity contribution in [2.75, 3.05) is 19.6 Å². The van der Waals surface area contributed by atoms with Crippen LogP contribution in [0.25, 0.3) is 11.0 Å². The van der Waals surface area contributed by atoms with E-state index in [0.29, 0.717) is 6.04 Å². The number of aryl methyl sites for hydroxylation is 1. The van der Waals surface area contributed by atoms with Gasteiger partial charge in [-0.15, -0.1) is 0 Å². The minimum atomic E-state index is -0.697. The highest BCUT2D eigenvalue weighted by Crippen LogP contribution is 2.29. The molecule has 23 heavy (non-hydrogen) atoms. The quantitative estimate of drug-likeness (QED) is 0.890. The molecule has 1 aliphatic heterocycles. The summed E-state index contributed by atoms with van der Waals surface area (Å²) in [5, 5.41) is 8.74. The van der Waals surface area contributed by atoms with Gasteiger partial charge < -0.3 is 14.6 Å². The van der Waals surface area contributed by atoms with E-state index < -0.39 is 5.97 Å². The first-order valence-electron chi connectivity index (χ1n) is 8.59. The number of carboxylic acid groups (broad SMARTS) is 1. The van der Waals surface area contributed by atoms with Crippen LogP contribution in [0.5, 0.6) is 0 Å². The summed E-state index contributed by atoms with van der Waals surface area (Å²) in [7, 11) is 0. The van der Waals surface area contributed by atoms with Gasteiger partial charge >= 0.3 is 5.97 Å².